The largest absolute Gasteiger partial charge is 0.330 e. The van der Waals surface area contributed by atoms with Crippen LogP contribution in [0, 0.1) is 6.92 Å². The molecule has 2 heteroatoms. The quantitative estimate of drug-likeness (QED) is 0.591. The Balaban J connectivity index is 2.56. The number of rotatable bonds is 6. The van der Waals surface area contributed by atoms with Gasteiger partial charge in [-0.25, -0.2) is 0 Å². The maximum atomic E-state index is 5.56. The van der Waals surface area contributed by atoms with Crippen molar-refractivity contribution in [3.05, 3.63) is 29.3 Å². The summed E-state index contributed by atoms with van der Waals surface area (Å²) in [5.74, 6) is 1.23. The summed E-state index contributed by atoms with van der Waals surface area (Å²) < 4.78 is 0. The van der Waals surface area contributed by atoms with Crippen LogP contribution >= 0.6 is 11.8 Å². The molecule has 0 amide bonds. The van der Waals surface area contributed by atoms with E-state index in [9.17, 15) is 0 Å². The summed E-state index contributed by atoms with van der Waals surface area (Å²) in [6.45, 7) is 5.15. The topological polar surface area (TPSA) is 26.0 Å². The van der Waals surface area contributed by atoms with E-state index in [1.54, 1.807) is 0 Å². The summed E-state index contributed by atoms with van der Waals surface area (Å²) >= 11 is 1.95. The molecule has 1 nitrogen and oxygen atoms in total. The highest BCUT2D eigenvalue weighted by molar-refractivity contribution is 7.99. The van der Waals surface area contributed by atoms with Gasteiger partial charge in [0.15, 0.2) is 0 Å². The van der Waals surface area contributed by atoms with E-state index in [2.05, 4.69) is 32.0 Å². The lowest BCUT2D eigenvalue weighted by Crippen LogP contribution is -2.03. The Kier molecular flexibility index (Phi) is 5.81. The molecule has 0 unspecified atom stereocenters. The van der Waals surface area contributed by atoms with Crippen molar-refractivity contribution in [1.29, 1.82) is 0 Å². The molecule has 1 aromatic carbocycles. The molecule has 0 aromatic heterocycles. The van der Waals surface area contributed by atoms with Gasteiger partial charge < -0.3 is 5.73 Å². The second kappa shape index (κ2) is 6.91. The number of thioether (sulfide) groups is 1. The molecule has 15 heavy (non-hydrogen) atoms. The standard InChI is InChI=1S/C13H21NS/c1-3-4-9-15-13-6-5-12(7-8-14)11(2)10-13/h5-6,10H,3-4,7-9,14H2,1-2H3. The summed E-state index contributed by atoms with van der Waals surface area (Å²) in [6.07, 6.45) is 3.57. The highest BCUT2D eigenvalue weighted by Gasteiger charge is 1.99. The third-order valence-electron chi connectivity index (χ3n) is 2.49. The molecule has 0 saturated heterocycles. The van der Waals surface area contributed by atoms with Crippen LogP contribution in [0.25, 0.3) is 0 Å². The minimum absolute atomic E-state index is 0.739. The Morgan fingerprint density at radius 2 is 2.13 bits per heavy atom. The smallest absolute Gasteiger partial charge is 0.00747 e. The zero-order valence-electron chi connectivity index (χ0n) is 9.75. The van der Waals surface area contributed by atoms with Gasteiger partial charge in [0.25, 0.3) is 0 Å². The van der Waals surface area contributed by atoms with E-state index in [0.29, 0.717) is 0 Å². The second-order valence-corrected chi connectivity index (χ2v) is 5.00. The Morgan fingerprint density at radius 1 is 1.33 bits per heavy atom. The number of hydrogen-bond acceptors (Lipinski definition) is 2. The molecule has 1 rings (SSSR count). The first-order valence-electron chi connectivity index (χ1n) is 5.70. The van der Waals surface area contributed by atoms with Crippen LogP contribution in [-0.4, -0.2) is 12.3 Å². The van der Waals surface area contributed by atoms with Gasteiger partial charge in [-0.15, -0.1) is 11.8 Å². The van der Waals surface area contributed by atoms with E-state index >= 15 is 0 Å². The average molecular weight is 223 g/mol. The first kappa shape index (κ1) is 12.6. The third-order valence-corrected chi connectivity index (χ3v) is 3.57. The van der Waals surface area contributed by atoms with Gasteiger partial charge in [-0.3, -0.25) is 0 Å². The SMILES string of the molecule is CCCCSc1ccc(CCN)c(C)c1. The monoisotopic (exact) mass is 223 g/mol. The predicted molar refractivity (Wildman–Crippen MR) is 69.6 cm³/mol. The average Bonchev–Trinajstić information content (AvgIpc) is 2.23. The molecular formula is C13H21NS. The van der Waals surface area contributed by atoms with E-state index < -0.39 is 0 Å². The van der Waals surface area contributed by atoms with Crippen molar-refractivity contribution in [3.63, 3.8) is 0 Å². The molecule has 0 radical (unpaired) electrons. The highest BCUT2D eigenvalue weighted by atomic mass is 32.2. The third kappa shape index (κ3) is 4.27. The first-order chi connectivity index (χ1) is 7.27. The van der Waals surface area contributed by atoms with Crippen molar-refractivity contribution in [2.24, 2.45) is 5.73 Å². The normalized spacial score (nSPS) is 10.6. The Hall–Kier alpha value is -0.470. The summed E-state index contributed by atoms with van der Waals surface area (Å²) in [5, 5.41) is 0. The van der Waals surface area contributed by atoms with E-state index in [1.807, 2.05) is 11.8 Å². The van der Waals surface area contributed by atoms with Crippen molar-refractivity contribution in [3.8, 4) is 0 Å². The fourth-order valence-electron chi connectivity index (χ4n) is 1.53. The lowest BCUT2D eigenvalue weighted by molar-refractivity contribution is 0.896. The van der Waals surface area contributed by atoms with Crippen LogP contribution in [0.4, 0.5) is 0 Å². The van der Waals surface area contributed by atoms with Gasteiger partial charge in [-0.1, -0.05) is 19.4 Å². The molecule has 0 spiro atoms. The van der Waals surface area contributed by atoms with Gasteiger partial charge >= 0.3 is 0 Å². The zero-order valence-corrected chi connectivity index (χ0v) is 10.6. The molecule has 0 aliphatic carbocycles. The van der Waals surface area contributed by atoms with Crippen molar-refractivity contribution in [1.82, 2.24) is 0 Å². The lowest BCUT2D eigenvalue weighted by Gasteiger charge is -2.07. The van der Waals surface area contributed by atoms with E-state index in [-0.39, 0.29) is 0 Å². The number of aryl methyl sites for hydroxylation is 1. The van der Waals surface area contributed by atoms with E-state index in [0.717, 1.165) is 13.0 Å². The van der Waals surface area contributed by atoms with Gasteiger partial charge in [0, 0.05) is 4.90 Å². The molecule has 2 N–H and O–H groups in total. The fraction of sp³-hybridized carbons (Fsp3) is 0.538. The number of unbranched alkanes of at least 4 members (excludes halogenated alkanes) is 1. The number of nitrogens with two attached hydrogens (primary N) is 1. The Labute approximate surface area is 97.4 Å². The molecule has 84 valence electrons. The van der Waals surface area contributed by atoms with Crippen LogP contribution in [-0.2, 0) is 6.42 Å². The molecule has 1 aromatic rings. The zero-order chi connectivity index (χ0) is 11.1. The van der Waals surface area contributed by atoms with Crippen LogP contribution in [0.5, 0.6) is 0 Å². The lowest BCUT2D eigenvalue weighted by atomic mass is 10.1. The maximum absolute atomic E-state index is 5.56. The van der Waals surface area contributed by atoms with Crippen molar-refractivity contribution < 1.29 is 0 Å². The maximum Gasteiger partial charge on any atom is 0.00747 e. The minimum Gasteiger partial charge on any atom is -0.330 e. The van der Waals surface area contributed by atoms with Gasteiger partial charge in [-0.05, 0) is 55.3 Å². The summed E-state index contributed by atoms with van der Waals surface area (Å²) in [4.78, 5) is 1.39. The van der Waals surface area contributed by atoms with Crippen molar-refractivity contribution in [2.45, 2.75) is 38.0 Å². The van der Waals surface area contributed by atoms with Crippen LogP contribution in [0.3, 0.4) is 0 Å². The molecule has 0 aliphatic rings. The van der Waals surface area contributed by atoms with E-state index in [1.165, 1.54) is 34.6 Å². The van der Waals surface area contributed by atoms with Crippen LogP contribution in [0.15, 0.2) is 23.1 Å². The molecule has 0 aliphatic heterocycles. The fourth-order valence-corrected chi connectivity index (χ4v) is 2.62. The van der Waals surface area contributed by atoms with Crippen LogP contribution in [0.2, 0.25) is 0 Å². The summed E-state index contributed by atoms with van der Waals surface area (Å²) in [6, 6.07) is 6.72. The molecule has 0 saturated carbocycles. The van der Waals surface area contributed by atoms with Gasteiger partial charge in [0.1, 0.15) is 0 Å². The molecule has 0 fully saturated rings. The van der Waals surface area contributed by atoms with Crippen molar-refractivity contribution in [2.75, 3.05) is 12.3 Å². The van der Waals surface area contributed by atoms with Crippen LogP contribution < -0.4 is 5.73 Å². The first-order valence-corrected chi connectivity index (χ1v) is 6.69. The van der Waals surface area contributed by atoms with E-state index in [4.69, 9.17) is 5.73 Å². The predicted octanol–water partition coefficient (Wildman–Crippen LogP) is 3.39. The molecule has 0 bridgehead atoms. The van der Waals surface area contributed by atoms with Crippen LogP contribution in [0.1, 0.15) is 30.9 Å². The number of benzene rings is 1. The Bertz CT molecular complexity index is 297. The highest BCUT2D eigenvalue weighted by Crippen LogP contribution is 2.22. The number of hydrogen-bond donors (Lipinski definition) is 1. The minimum atomic E-state index is 0.739. The summed E-state index contributed by atoms with van der Waals surface area (Å²) in [7, 11) is 0. The van der Waals surface area contributed by atoms with Gasteiger partial charge in [0.05, 0.1) is 0 Å². The summed E-state index contributed by atoms with van der Waals surface area (Å²) in [5.41, 5.74) is 8.32. The molecule has 0 heterocycles. The second-order valence-electron chi connectivity index (χ2n) is 3.83. The molecular weight excluding hydrogens is 202 g/mol. The Morgan fingerprint density at radius 3 is 2.73 bits per heavy atom. The van der Waals surface area contributed by atoms with Gasteiger partial charge in [-0.2, -0.15) is 0 Å². The van der Waals surface area contributed by atoms with Gasteiger partial charge in [0.2, 0.25) is 0 Å². The van der Waals surface area contributed by atoms with Crippen molar-refractivity contribution >= 4 is 11.8 Å². The molecule has 0 atom stereocenters.